The normalized spacial score (nSPS) is 7.00. The molecule has 60 valence electrons. The third-order valence-electron chi connectivity index (χ3n) is 0.682. The lowest BCUT2D eigenvalue weighted by Crippen LogP contribution is -1.97. The van der Waals surface area contributed by atoms with E-state index in [0.29, 0.717) is 6.42 Å². The zero-order chi connectivity index (χ0) is 8.41. The number of rotatable bonds is 2. The van der Waals surface area contributed by atoms with E-state index in [0.717, 1.165) is 6.42 Å². The molecule has 0 aromatic carbocycles. The third kappa shape index (κ3) is 15.8. The molecule has 1 N–H and O–H groups in total. The second-order valence-electron chi connectivity index (χ2n) is 1.43. The summed E-state index contributed by atoms with van der Waals surface area (Å²) >= 11 is 0. The summed E-state index contributed by atoms with van der Waals surface area (Å²) in [6.07, 6.45) is 1.41. The Hall–Kier alpha value is -1.06. The molecule has 0 aliphatic heterocycles. The smallest absolute Gasteiger partial charge is 0.305 e. The van der Waals surface area contributed by atoms with E-state index in [1.807, 2.05) is 6.92 Å². The Morgan fingerprint density at radius 2 is 2.10 bits per heavy atom. The number of hydrogen-bond donors (Lipinski definition) is 1. The van der Waals surface area contributed by atoms with Crippen LogP contribution in [0.3, 0.4) is 0 Å². The number of methoxy groups -OCH3 is 1. The Kier molecular flexibility index (Phi) is 12.7. The number of ether oxygens (including phenoxy) is 1. The molecule has 0 saturated heterocycles. The minimum Gasteiger partial charge on any atom is -0.483 e. The molecule has 0 aromatic heterocycles. The van der Waals surface area contributed by atoms with Gasteiger partial charge in [-0.1, -0.05) is 6.92 Å². The van der Waals surface area contributed by atoms with Crippen molar-refractivity contribution >= 4 is 12.4 Å². The van der Waals surface area contributed by atoms with Gasteiger partial charge in [-0.2, -0.15) is 0 Å². The van der Waals surface area contributed by atoms with Gasteiger partial charge in [0.2, 0.25) is 0 Å². The standard InChI is InChI=1S/C5H10O2.CH2O2/c1-3-4-5(6)7-2;2-1-3/h3-4H2,1-2H3;1H,(H,2,3). The summed E-state index contributed by atoms with van der Waals surface area (Å²) < 4.78 is 4.35. The molecule has 0 aromatic rings. The predicted molar refractivity (Wildman–Crippen MR) is 35.6 cm³/mol. The summed E-state index contributed by atoms with van der Waals surface area (Å²) in [5.74, 6) is -0.123. The van der Waals surface area contributed by atoms with E-state index in [1.54, 1.807) is 0 Å². The van der Waals surface area contributed by atoms with E-state index in [9.17, 15) is 4.79 Å². The highest BCUT2D eigenvalue weighted by Gasteiger charge is 1.92. The summed E-state index contributed by atoms with van der Waals surface area (Å²) in [6.45, 7) is 1.69. The molecule has 0 unspecified atom stereocenters. The SMILES string of the molecule is CCCC(=O)OC.O=CO. The highest BCUT2D eigenvalue weighted by Crippen LogP contribution is 1.86. The maximum absolute atomic E-state index is 10.2. The summed E-state index contributed by atoms with van der Waals surface area (Å²) in [6, 6.07) is 0. The molecule has 0 rings (SSSR count). The fourth-order valence-electron chi connectivity index (χ4n) is 0.306. The van der Waals surface area contributed by atoms with Gasteiger partial charge in [-0.3, -0.25) is 9.59 Å². The van der Waals surface area contributed by atoms with Crippen LogP contribution in [0.2, 0.25) is 0 Å². The molecule has 0 fully saturated rings. The Bertz CT molecular complexity index is 89.7. The Balaban J connectivity index is 0. The van der Waals surface area contributed by atoms with E-state index in [1.165, 1.54) is 7.11 Å². The lowest BCUT2D eigenvalue weighted by Gasteiger charge is -1.91. The first kappa shape index (κ1) is 11.7. The zero-order valence-corrected chi connectivity index (χ0v) is 6.16. The Morgan fingerprint density at radius 1 is 1.70 bits per heavy atom. The minimum atomic E-state index is -0.250. The van der Waals surface area contributed by atoms with Gasteiger partial charge in [0.15, 0.2) is 0 Å². The maximum atomic E-state index is 10.2. The second-order valence-corrected chi connectivity index (χ2v) is 1.43. The summed E-state index contributed by atoms with van der Waals surface area (Å²) in [7, 11) is 1.40. The van der Waals surface area contributed by atoms with Gasteiger partial charge < -0.3 is 9.84 Å². The monoisotopic (exact) mass is 148 g/mol. The van der Waals surface area contributed by atoms with Crippen LogP contribution in [0.25, 0.3) is 0 Å². The van der Waals surface area contributed by atoms with Crippen molar-refractivity contribution in [2.75, 3.05) is 7.11 Å². The van der Waals surface area contributed by atoms with Crippen LogP contribution < -0.4 is 0 Å². The van der Waals surface area contributed by atoms with E-state index in [2.05, 4.69) is 4.74 Å². The Labute approximate surface area is 59.8 Å². The van der Waals surface area contributed by atoms with Gasteiger partial charge in [-0.15, -0.1) is 0 Å². The van der Waals surface area contributed by atoms with Crippen molar-refractivity contribution in [2.24, 2.45) is 0 Å². The van der Waals surface area contributed by atoms with Gasteiger partial charge in [0.1, 0.15) is 0 Å². The third-order valence-corrected chi connectivity index (χ3v) is 0.682. The number of esters is 1. The van der Waals surface area contributed by atoms with Crippen molar-refractivity contribution in [1.29, 1.82) is 0 Å². The van der Waals surface area contributed by atoms with Gasteiger partial charge in [0.25, 0.3) is 6.47 Å². The average Bonchev–Trinajstić information content (AvgIpc) is 1.90. The van der Waals surface area contributed by atoms with Crippen molar-refractivity contribution in [3.63, 3.8) is 0 Å². The van der Waals surface area contributed by atoms with Gasteiger partial charge in [-0.05, 0) is 6.42 Å². The summed E-state index contributed by atoms with van der Waals surface area (Å²) in [5.41, 5.74) is 0. The highest BCUT2D eigenvalue weighted by molar-refractivity contribution is 5.68. The lowest BCUT2D eigenvalue weighted by molar-refractivity contribution is -0.140. The van der Waals surface area contributed by atoms with Crippen LogP contribution in [0.15, 0.2) is 0 Å². The molecule has 0 bridgehead atoms. The molecule has 10 heavy (non-hydrogen) atoms. The van der Waals surface area contributed by atoms with E-state index in [-0.39, 0.29) is 12.4 Å². The molecule has 0 aliphatic carbocycles. The van der Waals surface area contributed by atoms with Crippen molar-refractivity contribution in [2.45, 2.75) is 19.8 Å². The van der Waals surface area contributed by atoms with E-state index < -0.39 is 0 Å². The van der Waals surface area contributed by atoms with Crippen LogP contribution in [0.5, 0.6) is 0 Å². The summed E-state index contributed by atoms with van der Waals surface area (Å²) in [5, 5.41) is 6.89. The van der Waals surface area contributed by atoms with Crippen LogP contribution in [-0.4, -0.2) is 24.7 Å². The fourth-order valence-corrected chi connectivity index (χ4v) is 0.306. The molecule has 0 amide bonds. The minimum absolute atomic E-state index is 0.123. The predicted octanol–water partition coefficient (Wildman–Crippen LogP) is 0.660. The first-order valence-electron chi connectivity index (χ1n) is 2.87. The second kappa shape index (κ2) is 10.8. The molecule has 0 radical (unpaired) electrons. The molecular formula is C6H12O4. The summed E-state index contributed by atoms with van der Waals surface area (Å²) in [4.78, 5) is 18.6. The van der Waals surface area contributed by atoms with Gasteiger partial charge in [-0.25, -0.2) is 0 Å². The van der Waals surface area contributed by atoms with Gasteiger partial charge in [0, 0.05) is 6.42 Å². The first-order valence-corrected chi connectivity index (χ1v) is 2.87. The van der Waals surface area contributed by atoms with Gasteiger partial charge >= 0.3 is 5.97 Å². The molecule has 0 spiro atoms. The van der Waals surface area contributed by atoms with Crippen LogP contribution in [0.4, 0.5) is 0 Å². The number of hydrogen-bond acceptors (Lipinski definition) is 3. The highest BCUT2D eigenvalue weighted by atomic mass is 16.5. The molecule has 0 heterocycles. The molecule has 0 saturated carbocycles. The van der Waals surface area contributed by atoms with Crippen molar-refractivity contribution in [3.05, 3.63) is 0 Å². The number of carboxylic acid groups (broad SMARTS) is 1. The van der Waals surface area contributed by atoms with Crippen molar-refractivity contribution in [1.82, 2.24) is 0 Å². The molecule has 0 atom stereocenters. The number of carbonyl (C=O) groups excluding carboxylic acids is 1. The van der Waals surface area contributed by atoms with Crippen LogP contribution in [0.1, 0.15) is 19.8 Å². The van der Waals surface area contributed by atoms with Crippen molar-refractivity contribution in [3.8, 4) is 0 Å². The largest absolute Gasteiger partial charge is 0.483 e. The zero-order valence-electron chi connectivity index (χ0n) is 6.16. The quantitative estimate of drug-likeness (QED) is 0.461. The lowest BCUT2D eigenvalue weighted by atomic mass is 10.3. The molecule has 4 nitrogen and oxygen atoms in total. The maximum Gasteiger partial charge on any atom is 0.305 e. The topological polar surface area (TPSA) is 63.6 Å². The molecule has 4 heteroatoms. The van der Waals surface area contributed by atoms with Crippen LogP contribution >= 0.6 is 0 Å². The average molecular weight is 148 g/mol. The fraction of sp³-hybridized carbons (Fsp3) is 0.667. The van der Waals surface area contributed by atoms with E-state index in [4.69, 9.17) is 9.90 Å². The van der Waals surface area contributed by atoms with Gasteiger partial charge in [0.05, 0.1) is 7.11 Å². The molecular weight excluding hydrogens is 136 g/mol. The van der Waals surface area contributed by atoms with Crippen LogP contribution in [-0.2, 0) is 14.3 Å². The first-order chi connectivity index (χ1) is 4.72. The van der Waals surface area contributed by atoms with Crippen LogP contribution in [0, 0.1) is 0 Å². The van der Waals surface area contributed by atoms with E-state index >= 15 is 0 Å². The van der Waals surface area contributed by atoms with Crippen molar-refractivity contribution < 1.29 is 19.4 Å². The Morgan fingerprint density at radius 3 is 2.20 bits per heavy atom. The number of carbonyl (C=O) groups is 2. The molecule has 0 aliphatic rings.